The Morgan fingerprint density at radius 1 is 1.35 bits per heavy atom. The van der Waals surface area contributed by atoms with Gasteiger partial charge in [0.2, 0.25) is 0 Å². The Morgan fingerprint density at radius 2 is 2.05 bits per heavy atom. The second kappa shape index (κ2) is 7.20. The van der Waals surface area contributed by atoms with E-state index in [-0.39, 0.29) is 5.91 Å². The number of carbonyl (C=O) groups excluding carboxylic acids is 1. The molecule has 2 heterocycles. The number of hydrogen-bond acceptors (Lipinski definition) is 4. The SMILES string of the molecule is CN1CCC(N(C)CCN(C)C(=O)c2cccs2)CC1. The molecule has 1 aromatic heterocycles. The highest BCUT2D eigenvalue weighted by Crippen LogP contribution is 2.14. The van der Waals surface area contributed by atoms with E-state index >= 15 is 0 Å². The molecule has 1 aromatic rings. The minimum atomic E-state index is 0.136. The van der Waals surface area contributed by atoms with Crippen molar-refractivity contribution in [3.63, 3.8) is 0 Å². The lowest BCUT2D eigenvalue weighted by Crippen LogP contribution is -2.44. The van der Waals surface area contributed by atoms with Crippen LogP contribution in [0.15, 0.2) is 17.5 Å². The van der Waals surface area contributed by atoms with Crippen molar-refractivity contribution in [3.05, 3.63) is 22.4 Å². The number of likely N-dealkylation sites (tertiary alicyclic amines) is 1. The lowest BCUT2D eigenvalue weighted by Gasteiger charge is -2.35. The first-order chi connectivity index (χ1) is 9.58. The monoisotopic (exact) mass is 295 g/mol. The molecular formula is C15H25N3OS. The van der Waals surface area contributed by atoms with E-state index in [1.54, 1.807) is 0 Å². The number of thiophene rings is 1. The molecule has 20 heavy (non-hydrogen) atoms. The van der Waals surface area contributed by atoms with Crippen molar-refractivity contribution in [2.75, 3.05) is 47.3 Å². The van der Waals surface area contributed by atoms with Crippen molar-refractivity contribution in [2.24, 2.45) is 0 Å². The molecule has 0 bridgehead atoms. The molecule has 0 N–H and O–H groups in total. The second-order valence-electron chi connectivity index (χ2n) is 5.72. The Morgan fingerprint density at radius 3 is 2.65 bits per heavy atom. The third-order valence-electron chi connectivity index (χ3n) is 4.18. The lowest BCUT2D eigenvalue weighted by molar-refractivity contribution is 0.0763. The summed E-state index contributed by atoms with van der Waals surface area (Å²) >= 11 is 1.51. The largest absolute Gasteiger partial charge is 0.340 e. The molecule has 0 aromatic carbocycles. The van der Waals surface area contributed by atoms with Crippen molar-refractivity contribution >= 4 is 17.2 Å². The van der Waals surface area contributed by atoms with Gasteiger partial charge in [0.15, 0.2) is 0 Å². The van der Waals surface area contributed by atoms with Crippen molar-refractivity contribution in [1.29, 1.82) is 0 Å². The normalized spacial score (nSPS) is 17.6. The minimum absolute atomic E-state index is 0.136. The van der Waals surface area contributed by atoms with Gasteiger partial charge in [0.05, 0.1) is 4.88 Å². The highest BCUT2D eigenvalue weighted by atomic mass is 32.1. The van der Waals surface area contributed by atoms with Crippen molar-refractivity contribution in [3.8, 4) is 0 Å². The van der Waals surface area contributed by atoms with Gasteiger partial charge in [0.25, 0.3) is 5.91 Å². The van der Waals surface area contributed by atoms with Gasteiger partial charge in [-0.15, -0.1) is 11.3 Å². The summed E-state index contributed by atoms with van der Waals surface area (Å²) in [6.07, 6.45) is 2.46. The zero-order chi connectivity index (χ0) is 14.5. The molecule has 1 aliphatic rings. The van der Waals surface area contributed by atoms with Gasteiger partial charge in [-0.05, 0) is 51.5 Å². The number of carbonyl (C=O) groups is 1. The third kappa shape index (κ3) is 4.04. The van der Waals surface area contributed by atoms with E-state index in [1.807, 2.05) is 29.5 Å². The number of nitrogens with zero attached hydrogens (tertiary/aromatic N) is 3. The van der Waals surface area contributed by atoms with Crippen LogP contribution < -0.4 is 0 Å². The summed E-state index contributed by atoms with van der Waals surface area (Å²) in [5.74, 6) is 0.136. The maximum absolute atomic E-state index is 12.1. The van der Waals surface area contributed by atoms with E-state index in [0.29, 0.717) is 6.04 Å². The molecule has 0 unspecified atom stereocenters. The number of amides is 1. The molecule has 0 saturated carbocycles. The molecule has 0 atom stereocenters. The minimum Gasteiger partial charge on any atom is -0.340 e. The van der Waals surface area contributed by atoms with E-state index in [0.717, 1.165) is 18.0 Å². The van der Waals surface area contributed by atoms with Gasteiger partial charge in [-0.25, -0.2) is 0 Å². The van der Waals surface area contributed by atoms with Gasteiger partial charge in [-0.3, -0.25) is 4.79 Å². The van der Waals surface area contributed by atoms with Gasteiger partial charge < -0.3 is 14.7 Å². The Bertz CT molecular complexity index is 413. The van der Waals surface area contributed by atoms with Crippen LogP contribution in [-0.2, 0) is 0 Å². The predicted octanol–water partition coefficient (Wildman–Crippen LogP) is 1.85. The first kappa shape index (κ1) is 15.5. The van der Waals surface area contributed by atoms with Gasteiger partial charge in [-0.2, -0.15) is 0 Å². The van der Waals surface area contributed by atoms with Crippen LogP contribution in [0.5, 0.6) is 0 Å². The van der Waals surface area contributed by atoms with Gasteiger partial charge in [0.1, 0.15) is 0 Å². The maximum atomic E-state index is 12.1. The summed E-state index contributed by atoms with van der Waals surface area (Å²) < 4.78 is 0. The molecule has 0 spiro atoms. The third-order valence-corrected chi connectivity index (χ3v) is 5.04. The van der Waals surface area contributed by atoms with Crippen LogP contribution >= 0.6 is 11.3 Å². The average Bonchev–Trinajstić information content (AvgIpc) is 2.98. The van der Waals surface area contributed by atoms with Crippen molar-refractivity contribution in [1.82, 2.24) is 14.7 Å². The van der Waals surface area contributed by atoms with Gasteiger partial charge in [0, 0.05) is 26.2 Å². The first-order valence-corrected chi connectivity index (χ1v) is 8.13. The van der Waals surface area contributed by atoms with Crippen LogP contribution in [0.4, 0.5) is 0 Å². The summed E-state index contributed by atoms with van der Waals surface area (Å²) in [4.78, 5) is 19.6. The zero-order valence-corrected chi connectivity index (χ0v) is 13.5. The van der Waals surface area contributed by atoms with Crippen LogP contribution in [0, 0.1) is 0 Å². The van der Waals surface area contributed by atoms with Crippen LogP contribution in [-0.4, -0.2) is 74.0 Å². The summed E-state index contributed by atoms with van der Waals surface area (Å²) in [7, 11) is 6.26. The fourth-order valence-corrected chi connectivity index (χ4v) is 3.33. The molecule has 1 saturated heterocycles. The Balaban J connectivity index is 1.75. The lowest BCUT2D eigenvalue weighted by atomic mass is 10.0. The van der Waals surface area contributed by atoms with E-state index in [4.69, 9.17) is 0 Å². The standard InChI is InChI=1S/C15H25N3OS/c1-16-8-6-13(7-9-16)17(2)10-11-18(3)15(19)14-5-4-12-20-14/h4-5,12-13H,6-11H2,1-3H3. The summed E-state index contributed by atoms with van der Waals surface area (Å²) in [5, 5.41) is 1.95. The highest BCUT2D eigenvalue weighted by Gasteiger charge is 2.21. The molecule has 0 radical (unpaired) electrons. The van der Waals surface area contributed by atoms with E-state index in [9.17, 15) is 4.79 Å². The molecule has 5 heteroatoms. The van der Waals surface area contributed by atoms with Crippen molar-refractivity contribution < 1.29 is 4.79 Å². The topological polar surface area (TPSA) is 26.8 Å². The van der Waals surface area contributed by atoms with Gasteiger partial charge >= 0.3 is 0 Å². The highest BCUT2D eigenvalue weighted by molar-refractivity contribution is 7.12. The Labute approximate surface area is 126 Å². The zero-order valence-electron chi connectivity index (χ0n) is 12.7. The molecular weight excluding hydrogens is 270 g/mol. The quantitative estimate of drug-likeness (QED) is 0.829. The predicted molar refractivity (Wildman–Crippen MR) is 84.4 cm³/mol. The molecule has 2 rings (SSSR count). The number of piperidine rings is 1. The number of hydrogen-bond donors (Lipinski definition) is 0. The molecule has 0 aliphatic carbocycles. The maximum Gasteiger partial charge on any atom is 0.263 e. The molecule has 1 fully saturated rings. The molecule has 1 aliphatic heterocycles. The summed E-state index contributed by atoms with van der Waals surface area (Å²) in [5.41, 5.74) is 0. The summed E-state index contributed by atoms with van der Waals surface area (Å²) in [6.45, 7) is 4.10. The van der Waals surface area contributed by atoms with E-state index in [2.05, 4.69) is 23.9 Å². The molecule has 1 amide bonds. The number of rotatable bonds is 5. The van der Waals surface area contributed by atoms with Crippen LogP contribution in [0.2, 0.25) is 0 Å². The van der Waals surface area contributed by atoms with E-state index < -0.39 is 0 Å². The molecule has 112 valence electrons. The van der Waals surface area contributed by atoms with E-state index in [1.165, 1.54) is 37.3 Å². The summed E-state index contributed by atoms with van der Waals surface area (Å²) in [6, 6.07) is 4.48. The van der Waals surface area contributed by atoms with Crippen LogP contribution in [0.25, 0.3) is 0 Å². The Hall–Kier alpha value is -0.910. The fourth-order valence-electron chi connectivity index (χ4n) is 2.62. The van der Waals surface area contributed by atoms with Crippen LogP contribution in [0.3, 0.4) is 0 Å². The van der Waals surface area contributed by atoms with Crippen LogP contribution in [0.1, 0.15) is 22.5 Å². The fraction of sp³-hybridized carbons (Fsp3) is 0.667. The van der Waals surface area contributed by atoms with Crippen molar-refractivity contribution in [2.45, 2.75) is 18.9 Å². The molecule has 4 nitrogen and oxygen atoms in total. The smallest absolute Gasteiger partial charge is 0.263 e. The second-order valence-corrected chi connectivity index (χ2v) is 6.67. The first-order valence-electron chi connectivity index (χ1n) is 7.25. The average molecular weight is 295 g/mol. The van der Waals surface area contributed by atoms with Gasteiger partial charge in [-0.1, -0.05) is 6.07 Å². The Kier molecular flexibility index (Phi) is 5.57. The number of likely N-dealkylation sites (N-methyl/N-ethyl adjacent to an activating group) is 2.